The molecular weight excluding hydrogens is 192 g/mol. The van der Waals surface area contributed by atoms with Gasteiger partial charge in [0.15, 0.2) is 0 Å². The van der Waals surface area contributed by atoms with Crippen LogP contribution in [0, 0.1) is 0 Å². The van der Waals surface area contributed by atoms with E-state index in [0.29, 0.717) is 9.75 Å². The lowest BCUT2D eigenvalue weighted by Gasteiger charge is -1.87. The fourth-order valence-corrected chi connectivity index (χ4v) is 1.95. The Bertz CT molecular complexity index is 330. The van der Waals surface area contributed by atoms with Crippen LogP contribution in [-0.4, -0.2) is 14.5 Å². The minimum absolute atomic E-state index is 0.0139. The summed E-state index contributed by atoms with van der Waals surface area (Å²) >= 11 is 2.42. The fraction of sp³-hybridized carbons (Fsp3) is 0. The van der Waals surface area contributed by atoms with Crippen LogP contribution in [-0.2, 0) is 0 Å². The molecule has 0 atom stereocenters. The van der Waals surface area contributed by atoms with E-state index in [-0.39, 0.29) is 5.78 Å². The average molecular weight is 196 g/mol. The molecule has 12 heavy (non-hydrogen) atoms. The van der Waals surface area contributed by atoms with Gasteiger partial charge in [0.2, 0.25) is 5.78 Å². The minimum atomic E-state index is 0.0139. The van der Waals surface area contributed by atoms with Crippen molar-refractivity contribution < 1.29 is 4.79 Å². The number of hydrogen-bond acceptors (Lipinski definition) is 5. The van der Waals surface area contributed by atoms with Gasteiger partial charge in [0.1, 0.15) is 0 Å². The summed E-state index contributed by atoms with van der Waals surface area (Å²) in [5.74, 6) is 0.0139. The number of rotatable bonds is 2. The van der Waals surface area contributed by atoms with E-state index in [1.807, 2.05) is 0 Å². The van der Waals surface area contributed by atoms with Gasteiger partial charge in [0.05, 0.1) is 9.75 Å². The van der Waals surface area contributed by atoms with E-state index in [2.05, 4.69) is 8.75 Å². The van der Waals surface area contributed by atoms with Crippen molar-refractivity contribution in [3.8, 4) is 0 Å². The molecule has 0 unspecified atom stereocenters. The monoisotopic (exact) mass is 196 g/mol. The Labute approximate surface area is 77.0 Å². The smallest absolute Gasteiger partial charge is 0.216 e. The predicted molar refractivity (Wildman–Crippen MR) is 47.7 cm³/mol. The van der Waals surface area contributed by atoms with Crippen molar-refractivity contribution in [3.05, 3.63) is 34.3 Å². The molecule has 2 heterocycles. The zero-order chi connectivity index (χ0) is 8.39. The topological polar surface area (TPSA) is 42.9 Å². The normalized spacial score (nSPS) is 10.0. The molecule has 2 rings (SSSR count). The third-order valence-corrected chi connectivity index (χ3v) is 2.81. The number of aromatic nitrogens is 2. The second kappa shape index (κ2) is 3.12. The summed E-state index contributed by atoms with van der Waals surface area (Å²) in [6, 6.07) is 3.43. The summed E-state index contributed by atoms with van der Waals surface area (Å²) in [5, 5.41) is 0. The SMILES string of the molecule is O=C(c1ccns1)c1ccns1. The highest BCUT2D eigenvalue weighted by Gasteiger charge is 2.11. The van der Waals surface area contributed by atoms with Crippen LogP contribution in [0.5, 0.6) is 0 Å². The van der Waals surface area contributed by atoms with Crippen molar-refractivity contribution in [2.75, 3.05) is 0 Å². The highest BCUT2D eigenvalue weighted by Crippen LogP contribution is 2.14. The zero-order valence-electron chi connectivity index (χ0n) is 5.93. The molecule has 0 N–H and O–H groups in total. The summed E-state index contributed by atoms with van der Waals surface area (Å²) in [6.45, 7) is 0. The Kier molecular flexibility index (Phi) is 1.97. The lowest BCUT2D eigenvalue weighted by molar-refractivity contribution is 0.104. The highest BCUT2D eigenvalue weighted by atomic mass is 32.1. The first-order chi connectivity index (χ1) is 5.88. The van der Waals surface area contributed by atoms with Crippen molar-refractivity contribution in [1.82, 2.24) is 8.75 Å². The molecule has 2 aromatic rings. The van der Waals surface area contributed by atoms with Gasteiger partial charge >= 0.3 is 0 Å². The van der Waals surface area contributed by atoms with E-state index < -0.39 is 0 Å². The molecule has 0 aliphatic heterocycles. The lowest BCUT2D eigenvalue weighted by Crippen LogP contribution is -1.93. The maximum absolute atomic E-state index is 11.5. The first kappa shape index (κ1) is 7.57. The van der Waals surface area contributed by atoms with Crippen molar-refractivity contribution in [3.63, 3.8) is 0 Å². The van der Waals surface area contributed by atoms with Gasteiger partial charge in [-0.1, -0.05) is 0 Å². The van der Waals surface area contributed by atoms with Crippen LogP contribution in [0.4, 0.5) is 0 Å². The average Bonchev–Trinajstić information content (AvgIpc) is 2.77. The van der Waals surface area contributed by atoms with Gasteiger partial charge in [-0.3, -0.25) is 4.79 Å². The van der Waals surface area contributed by atoms with Gasteiger partial charge in [0.25, 0.3) is 0 Å². The number of nitrogens with zero attached hydrogens (tertiary/aromatic N) is 2. The van der Waals surface area contributed by atoms with Crippen LogP contribution in [0.25, 0.3) is 0 Å². The van der Waals surface area contributed by atoms with Crippen molar-refractivity contribution in [2.45, 2.75) is 0 Å². The Morgan fingerprint density at radius 2 is 1.58 bits per heavy atom. The number of ketones is 1. The maximum atomic E-state index is 11.5. The van der Waals surface area contributed by atoms with Gasteiger partial charge in [-0.25, -0.2) is 8.75 Å². The van der Waals surface area contributed by atoms with Crippen LogP contribution in [0.2, 0.25) is 0 Å². The molecule has 0 aromatic carbocycles. The number of hydrogen-bond donors (Lipinski definition) is 0. The fourth-order valence-electron chi connectivity index (χ4n) is 0.787. The molecule has 0 amide bonds. The summed E-state index contributed by atoms with van der Waals surface area (Å²) < 4.78 is 7.72. The lowest BCUT2D eigenvalue weighted by atomic mass is 10.3. The minimum Gasteiger partial charge on any atom is -0.287 e. The molecule has 0 fully saturated rings. The molecule has 0 aliphatic carbocycles. The van der Waals surface area contributed by atoms with Crippen LogP contribution in [0.15, 0.2) is 24.5 Å². The Morgan fingerprint density at radius 1 is 1.08 bits per heavy atom. The molecule has 0 aliphatic rings. The van der Waals surface area contributed by atoms with Crippen LogP contribution >= 0.6 is 23.1 Å². The van der Waals surface area contributed by atoms with Gasteiger partial charge in [-0.2, -0.15) is 0 Å². The zero-order valence-corrected chi connectivity index (χ0v) is 7.56. The molecule has 3 nitrogen and oxygen atoms in total. The molecule has 0 saturated heterocycles. The molecular formula is C7H4N2OS2. The summed E-state index contributed by atoms with van der Waals surface area (Å²) in [5.41, 5.74) is 0. The summed E-state index contributed by atoms with van der Waals surface area (Å²) in [6.07, 6.45) is 3.25. The van der Waals surface area contributed by atoms with E-state index in [9.17, 15) is 4.79 Å². The van der Waals surface area contributed by atoms with E-state index in [0.717, 1.165) is 0 Å². The highest BCUT2D eigenvalue weighted by molar-refractivity contribution is 7.11. The van der Waals surface area contributed by atoms with Crippen LogP contribution in [0.1, 0.15) is 14.5 Å². The van der Waals surface area contributed by atoms with Crippen molar-refractivity contribution in [2.24, 2.45) is 0 Å². The number of carbonyl (C=O) groups excluding carboxylic acids is 1. The van der Waals surface area contributed by atoms with Crippen LogP contribution < -0.4 is 0 Å². The summed E-state index contributed by atoms with van der Waals surface area (Å²) in [7, 11) is 0. The molecule has 0 spiro atoms. The van der Waals surface area contributed by atoms with E-state index in [1.165, 1.54) is 23.1 Å². The molecule has 2 aromatic heterocycles. The quantitative estimate of drug-likeness (QED) is 0.688. The molecule has 5 heteroatoms. The molecule has 0 bridgehead atoms. The Hall–Kier alpha value is -1.07. The van der Waals surface area contributed by atoms with Gasteiger partial charge in [-0.15, -0.1) is 0 Å². The van der Waals surface area contributed by atoms with E-state index in [4.69, 9.17) is 0 Å². The van der Waals surface area contributed by atoms with Crippen molar-refractivity contribution >= 4 is 28.8 Å². The Balaban J connectivity index is 2.34. The van der Waals surface area contributed by atoms with Gasteiger partial charge in [0, 0.05) is 12.4 Å². The van der Waals surface area contributed by atoms with Crippen molar-refractivity contribution in [1.29, 1.82) is 0 Å². The van der Waals surface area contributed by atoms with E-state index >= 15 is 0 Å². The summed E-state index contributed by atoms with van der Waals surface area (Å²) in [4.78, 5) is 12.8. The first-order valence-corrected chi connectivity index (χ1v) is 4.78. The molecule has 0 saturated carbocycles. The first-order valence-electron chi connectivity index (χ1n) is 3.24. The van der Waals surface area contributed by atoms with Crippen LogP contribution in [0.3, 0.4) is 0 Å². The maximum Gasteiger partial charge on any atom is 0.216 e. The molecule has 60 valence electrons. The standard InChI is InChI=1S/C7H4N2OS2/c10-7(5-1-3-8-11-5)6-2-4-9-12-6/h1-4H. The third-order valence-electron chi connectivity index (χ3n) is 1.32. The van der Waals surface area contributed by atoms with Gasteiger partial charge < -0.3 is 0 Å². The van der Waals surface area contributed by atoms with E-state index in [1.54, 1.807) is 24.5 Å². The Morgan fingerprint density at radius 3 is 1.92 bits per heavy atom. The van der Waals surface area contributed by atoms with Gasteiger partial charge in [-0.05, 0) is 35.2 Å². The third kappa shape index (κ3) is 1.28. The predicted octanol–water partition coefficient (Wildman–Crippen LogP) is 1.83. The largest absolute Gasteiger partial charge is 0.287 e. The second-order valence-corrected chi connectivity index (χ2v) is 3.75. The number of carbonyl (C=O) groups is 1. The molecule has 0 radical (unpaired) electrons. The second-order valence-electron chi connectivity index (χ2n) is 2.08.